The van der Waals surface area contributed by atoms with Gasteiger partial charge in [0.05, 0.1) is 37.7 Å². The highest BCUT2D eigenvalue weighted by Gasteiger charge is 2.35. The number of aliphatic hydroxyl groups is 2. The fourth-order valence-corrected chi connectivity index (χ4v) is 8.93. The summed E-state index contributed by atoms with van der Waals surface area (Å²) in [6.45, 7) is 7.41. The number of H-pyrrole nitrogens is 2. The predicted octanol–water partition coefficient (Wildman–Crippen LogP) is 3.97. The zero-order valence-corrected chi connectivity index (χ0v) is 39.7. The van der Waals surface area contributed by atoms with Crippen LogP contribution in [0.3, 0.4) is 0 Å². The number of carbonyl (C=O) groups excluding carboxylic acids is 8. The van der Waals surface area contributed by atoms with E-state index in [2.05, 4.69) is 31.2 Å². The Morgan fingerprint density at radius 1 is 0.632 bits per heavy atom. The van der Waals surface area contributed by atoms with Gasteiger partial charge in [0.2, 0.25) is 23.6 Å². The molecule has 2 aromatic heterocycles. The minimum Gasteiger partial charge on any atom is -0.496 e. The molecule has 8 N–H and O–H groups in total. The van der Waals surface area contributed by atoms with E-state index in [-0.39, 0.29) is 60.9 Å². The van der Waals surface area contributed by atoms with Crippen LogP contribution in [0.5, 0.6) is 11.5 Å². The number of amides is 4. The second-order valence-electron chi connectivity index (χ2n) is 18.5. The molecule has 0 spiro atoms. The zero-order valence-electron chi connectivity index (χ0n) is 39.7. The minimum absolute atomic E-state index is 0.0386. The van der Waals surface area contributed by atoms with Crippen LogP contribution in [-0.2, 0) is 28.8 Å². The van der Waals surface area contributed by atoms with Crippen LogP contribution in [0.25, 0.3) is 21.8 Å². The monoisotopic (exact) mass is 942 g/mol. The number of aromatic nitrogens is 2. The summed E-state index contributed by atoms with van der Waals surface area (Å²) < 4.78 is 10.7. The van der Waals surface area contributed by atoms with E-state index in [1.54, 1.807) is 26.4 Å². The van der Waals surface area contributed by atoms with Crippen LogP contribution in [0.15, 0.2) is 48.5 Å². The van der Waals surface area contributed by atoms with E-state index < -0.39 is 72.3 Å². The van der Waals surface area contributed by atoms with E-state index in [4.69, 9.17) is 9.47 Å². The first-order chi connectivity index (χ1) is 32.5. The van der Waals surface area contributed by atoms with Crippen molar-refractivity contribution in [1.29, 1.82) is 0 Å². The average Bonchev–Trinajstić information content (AvgIpc) is 4.14. The lowest BCUT2D eigenvalue weighted by molar-refractivity contribution is -0.132. The van der Waals surface area contributed by atoms with Crippen LogP contribution in [-0.4, -0.2) is 120 Å². The summed E-state index contributed by atoms with van der Waals surface area (Å²) >= 11 is 0. The third-order valence-electron chi connectivity index (χ3n) is 12.5. The summed E-state index contributed by atoms with van der Waals surface area (Å²) in [6, 6.07) is 12.4. The molecule has 4 heterocycles. The van der Waals surface area contributed by atoms with Gasteiger partial charge in [-0.05, 0) is 86.8 Å². The van der Waals surface area contributed by atoms with Crippen molar-refractivity contribution in [2.75, 3.05) is 40.5 Å². The number of methoxy groups -OCH3 is 2. The van der Waals surface area contributed by atoms with Gasteiger partial charge in [-0.1, -0.05) is 39.8 Å². The molecule has 68 heavy (non-hydrogen) atoms. The highest BCUT2D eigenvalue weighted by atomic mass is 16.5. The third kappa shape index (κ3) is 13.8. The molecule has 0 unspecified atom stereocenters. The van der Waals surface area contributed by atoms with Gasteiger partial charge < -0.3 is 50.9 Å². The third-order valence-corrected chi connectivity index (χ3v) is 12.5. The molecule has 2 aliphatic rings. The van der Waals surface area contributed by atoms with Gasteiger partial charge in [-0.3, -0.25) is 38.4 Å². The molecule has 0 aliphatic carbocycles. The number of Topliss-reactive ketones (excluding diaryl/α,β-unsaturated/α-hetero) is 4. The van der Waals surface area contributed by atoms with Crippen molar-refractivity contribution in [2.45, 2.75) is 91.1 Å². The van der Waals surface area contributed by atoms with Gasteiger partial charge in [0.1, 0.15) is 24.7 Å². The maximum Gasteiger partial charge on any atom is 0.224 e. The van der Waals surface area contributed by atoms with Crippen molar-refractivity contribution in [2.24, 2.45) is 35.5 Å². The number of ether oxygens (including phenoxy) is 2. The number of benzene rings is 2. The molecule has 6 rings (SSSR count). The molecule has 0 bridgehead atoms. The van der Waals surface area contributed by atoms with Gasteiger partial charge in [0.25, 0.3) is 0 Å². The molecule has 0 saturated carbocycles. The fraction of sp³-hybridized carbons (Fsp3) is 0.520. The lowest BCUT2D eigenvalue weighted by Crippen LogP contribution is -2.46. The van der Waals surface area contributed by atoms with Crippen molar-refractivity contribution >= 4 is 68.6 Å². The first-order valence-electron chi connectivity index (χ1n) is 23.3. The molecule has 2 aromatic carbocycles. The van der Waals surface area contributed by atoms with Gasteiger partial charge in [-0.15, -0.1) is 0 Å². The second-order valence-corrected chi connectivity index (χ2v) is 18.5. The SMILES string of the molecule is COc1cccc2[nH]c(C(=O)C[C@@H](CC(C)C)C(=O)N[C@@H](C[C@@H]3CCNC3=O)C(=O)CO)cc12.COc1cccc2[nH]c(C(=O)C[C@H](CC(C)C)C(=O)N[C@@H](C[C@@H]3CCNC3=O)C(=O)CO)cc12. The van der Waals surface area contributed by atoms with Crippen LogP contribution in [0, 0.1) is 35.5 Å². The lowest BCUT2D eigenvalue weighted by Gasteiger charge is -2.23. The maximum absolute atomic E-state index is 13.2. The van der Waals surface area contributed by atoms with Crippen molar-refractivity contribution in [1.82, 2.24) is 31.2 Å². The first kappa shape index (κ1) is 52.6. The Kier molecular flexibility index (Phi) is 19.0. The Morgan fingerprint density at radius 3 is 1.32 bits per heavy atom. The van der Waals surface area contributed by atoms with E-state index in [1.807, 2.05) is 64.1 Å². The summed E-state index contributed by atoms with van der Waals surface area (Å²) in [6.07, 6.45) is 2.22. The van der Waals surface area contributed by atoms with Crippen molar-refractivity contribution in [3.8, 4) is 11.5 Å². The van der Waals surface area contributed by atoms with Gasteiger partial charge >= 0.3 is 0 Å². The molecule has 2 fully saturated rings. The molecule has 6 atom stereocenters. The maximum atomic E-state index is 13.2. The largest absolute Gasteiger partial charge is 0.496 e. The highest BCUT2D eigenvalue weighted by Crippen LogP contribution is 2.30. The number of carbonyl (C=O) groups is 8. The minimum atomic E-state index is -0.978. The average molecular weight is 943 g/mol. The summed E-state index contributed by atoms with van der Waals surface area (Å²) in [4.78, 5) is 107. The lowest BCUT2D eigenvalue weighted by atomic mass is 9.89. The molecule has 2 aliphatic heterocycles. The highest BCUT2D eigenvalue weighted by molar-refractivity contribution is 6.04. The Hall–Kier alpha value is -6.40. The molecule has 0 radical (unpaired) electrons. The molecule has 18 nitrogen and oxygen atoms in total. The summed E-state index contributed by atoms with van der Waals surface area (Å²) in [5, 5.41) is 31.2. The first-order valence-corrected chi connectivity index (χ1v) is 23.3. The summed E-state index contributed by atoms with van der Waals surface area (Å²) in [5.41, 5.74) is 2.28. The van der Waals surface area contributed by atoms with E-state index in [0.29, 0.717) is 61.7 Å². The number of aliphatic hydroxyl groups excluding tert-OH is 2. The van der Waals surface area contributed by atoms with E-state index in [1.165, 1.54) is 0 Å². The molecular weight excluding hydrogens is 877 g/mol. The van der Waals surface area contributed by atoms with Crippen LogP contribution in [0.1, 0.15) is 100 Å². The Morgan fingerprint density at radius 2 is 1.01 bits per heavy atom. The van der Waals surface area contributed by atoms with Crippen molar-refractivity contribution < 1.29 is 58.0 Å². The van der Waals surface area contributed by atoms with E-state index in [0.717, 1.165) is 21.8 Å². The van der Waals surface area contributed by atoms with E-state index >= 15 is 0 Å². The number of fused-ring (bicyclic) bond motifs is 2. The number of nitrogens with one attached hydrogen (secondary N) is 6. The number of ketones is 4. The number of aromatic amines is 2. The van der Waals surface area contributed by atoms with Gasteiger partial charge in [-0.25, -0.2) is 0 Å². The summed E-state index contributed by atoms with van der Waals surface area (Å²) in [7, 11) is 3.12. The normalized spacial score (nSPS) is 17.4. The van der Waals surface area contributed by atoms with Crippen LogP contribution < -0.4 is 30.7 Å². The number of hydrogen-bond acceptors (Lipinski definition) is 12. The molecular formula is C50H66N6O12. The van der Waals surface area contributed by atoms with Gasteiger partial charge in [-0.2, -0.15) is 0 Å². The Balaban J connectivity index is 0.000000254. The number of rotatable bonds is 24. The van der Waals surface area contributed by atoms with Crippen molar-refractivity contribution in [3.05, 3.63) is 59.9 Å². The predicted molar refractivity (Wildman–Crippen MR) is 253 cm³/mol. The van der Waals surface area contributed by atoms with Crippen LogP contribution in [0.4, 0.5) is 0 Å². The molecule has 368 valence electrons. The molecule has 18 heteroatoms. The zero-order chi connectivity index (χ0) is 49.7. The van der Waals surface area contributed by atoms with Crippen LogP contribution >= 0.6 is 0 Å². The van der Waals surface area contributed by atoms with Gasteiger partial charge in [0, 0.05) is 71.4 Å². The molecule has 4 aromatic rings. The number of hydrogen-bond donors (Lipinski definition) is 8. The van der Waals surface area contributed by atoms with Gasteiger partial charge in [0.15, 0.2) is 23.1 Å². The topological polar surface area (TPSA) is 275 Å². The smallest absolute Gasteiger partial charge is 0.224 e. The fourth-order valence-electron chi connectivity index (χ4n) is 8.93. The van der Waals surface area contributed by atoms with Crippen molar-refractivity contribution in [3.63, 3.8) is 0 Å². The molecule has 2 saturated heterocycles. The summed E-state index contributed by atoms with van der Waals surface area (Å²) in [5.74, 6) is -3.27. The Bertz CT molecular complexity index is 2290. The Labute approximate surface area is 395 Å². The second kappa shape index (κ2) is 24.6. The van der Waals surface area contributed by atoms with E-state index in [9.17, 15) is 48.6 Å². The molecule has 4 amide bonds. The standard InChI is InChI=1S/2C25H33N3O6/c2*1-14(2)9-16(11-21(30)20-12-17-18(27-20)5-4-6-23(17)34-3)25(33)28-19(22(31)13-29)10-15-7-8-26-24(15)32/h2*4-6,12,14-16,19,27,29H,7-11,13H2,1-3H3,(H,26,32)(H,28,33)/t15-,16+,19-;15-,16-,19-/m00/s1. The van der Waals surface area contributed by atoms with Crippen LogP contribution in [0.2, 0.25) is 0 Å². The quantitative estimate of drug-likeness (QED) is 0.0464.